The number of hydrogen-bond acceptors (Lipinski definition) is 10. The summed E-state index contributed by atoms with van der Waals surface area (Å²) in [5.41, 5.74) is 0.750. The van der Waals surface area contributed by atoms with Gasteiger partial charge < -0.3 is 28.8 Å². The van der Waals surface area contributed by atoms with Crippen LogP contribution in [0.1, 0.15) is 48.4 Å². The van der Waals surface area contributed by atoms with Crippen LogP contribution in [0.3, 0.4) is 0 Å². The van der Waals surface area contributed by atoms with Crippen molar-refractivity contribution in [2.45, 2.75) is 37.6 Å². The maximum Gasteiger partial charge on any atom is 0.338 e. The number of aliphatic hydroxyl groups is 1. The predicted molar refractivity (Wildman–Crippen MR) is 160 cm³/mol. The lowest BCUT2D eigenvalue weighted by molar-refractivity contribution is -0.275. The van der Waals surface area contributed by atoms with Crippen molar-refractivity contribution < 1.29 is 48.0 Å². The maximum atomic E-state index is 13.4. The quantitative estimate of drug-likeness (QED) is 0.153. The van der Waals surface area contributed by atoms with Crippen LogP contribution in [0.2, 0.25) is 0 Å². The largest absolute Gasteiger partial charge is 0.460 e. The molecule has 0 bridgehead atoms. The van der Waals surface area contributed by atoms with Crippen LogP contribution in [0.4, 0.5) is 0 Å². The normalized spacial score (nSPS) is 20.8. The van der Waals surface area contributed by atoms with E-state index in [1.165, 1.54) is 49.4 Å². The topological polar surface area (TPSA) is 135 Å². The van der Waals surface area contributed by atoms with E-state index in [0.29, 0.717) is 0 Å². The minimum atomic E-state index is -1.54. The maximum absolute atomic E-state index is 13.4. The predicted octanol–water partition coefficient (Wildman–Crippen LogP) is 4.66. The minimum Gasteiger partial charge on any atom is -0.460 e. The number of aliphatic hydroxyl groups excluding tert-OH is 1. The third kappa shape index (κ3) is 7.43. The zero-order valence-electron chi connectivity index (χ0n) is 24.2. The number of hydrogen-bond donors (Lipinski definition) is 1. The van der Waals surface area contributed by atoms with Crippen LogP contribution in [0.25, 0.3) is 0 Å². The second-order valence-corrected chi connectivity index (χ2v) is 10.1. The van der Waals surface area contributed by atoms with Crippen molar-refractivity contribution in [3.63, 3.8) is 0 Å². The summed E-state index contributed by atoms with van der Waals surface area (Å²) in [4.78, 5) is 52.4. The lowest BCUT2D eigenvalue weighted by Crippen LogP contribution is -2.63. The Bertz CT molecular complexity index is 1620. The summed E-state index contributed by atoms with van der Waals surface area (Å²) in [5, 5.41) is 10.4. The first-order valence-corrected chi connectivity index (χ1v) is 14.2. The van der Waals surface area contributed by atoms with Crippen LogP contribution >= 0.6 is 0 Å². The van der Waals surface area contributed by atoms with E-state index >= 15 is 0 Å². The molecule has 5 atom stereocenters. The molecule has 0 amide bonds. The molecule has 1 heterocycles. The van der Waals surface area contributed by atoms with E-state index in [4.69, 9.17) is 23.7 Å². The molecule has 0 saturated carbocycles. The Hall–Kier alpha value is -5.32. The number of carbonyl (C=O) groups excluding carboxylic acids is 4. The van der Waals surface area contributed by atoms with Gasteiger partial charge in [0.2, 0.25) is 12.4 Å². The number of carbonyl (C=O) groups is 4. The van der Waals surface area contributed by atoms with Gasteiger partial charge in [-0.1, -0.05) is 66.7 Å². The molecule has 0 aromatic heterocycles. The summed E-state index contributed by atoms with van der Waals surface area (Å²) in [6, 6.07) is 30.6. The zero-order valence-corrected chi connectivity index (χ0v) is 24.2. The Morgan fingerprint density at radius 3 is 1.49 bits per heavy atom. The highest BCUT2D eigenvalue weighted by atomic mass is 16.7. The fourth-order valence-corrected chi connectivity index (χ4v) is 4.81. The first kappa shape index (κ1) is 31.1. The van der Waals surface area contributed by atoms with Crippen molar-refractivity contribution in [2.24, 2.45) is 0 Å². The minimum absolute atomic E-state index is 0.0975. The monoisotopic (exact) mass is 610 g/mol. The van der Waals surface area contributed by atoms with E-state index < -0.39 is 55.2 Å². The summed E-state index contributed by atoms with van der Waals surface area (Å²) < 4.78 is 29.8. The molecule has 0 aliphatic carbocycles. The van der Waals surface area contributed by atoms with Crippen molar-refractivity contribution in [1.29, 1.82) is 0 Å². The molecule has 45 heavy (non-hydrogen) atoms. The van der Waals surface area contributed by atoms with Crippen LogP contribution < -0.4 is 4.74 Å². The van der Waals surface area contributed by atoms with Gasteiger partial charge in [0.05, 0.1) is 28.9 Å². The van der Waals surface area contributed by atoms with Gasteiger partial charge in [-0.05, 0) is 55.5 Å². The van der Waals surface area contributed by atoms with Gasteiger partial charge in [0.15, 0.2) is 18.0 Å². The summed E-state index contributed by atoms with van der Waals surface area (Å²) in [6.07, 6.45) is -7.34. The number of esters is 3. The van der Waals surface area contributed by atoms with Crippen molar-refractivity contribution in [3.05, 3.63) is 138 Å². The fraction of sp³-hybridized carbons (Fsp3) is 0.200. The zero-order chi connectivity index (χ0) is 31.8. The number of Topliss-reactive ketones (excluding diaryl/α,β-unsaturated/α-hetero) is 1. The average Bonchev–Trinajstić information content (AvgIpc) is 3.08. The van der Waals surface area contributed by atoms with Gasteiger partial charge in [-0.15, -0.1) is 0 Å². The van der Waals surface area contributed by atoms with Crippen molar-refractivity contribution in [2.75, 3.05) is 6.61 Å². The highest BCUT2D eigenvalue weighted by Gasteiger charge is 2.53. The highest BCUT2D eigenvalue weighted by molar-refractivity contribution is 5.96. The molecule has 230 valence electrons. The number of ketones is 1. The molecule has 1 fully saturated rings. The smallest absolute Gasteiger partial charge is 0.338 e. The SMILES string of the molecule is CC(=O)c1ccccc1O[C@H]1O[C@H](CO)[C@@H](OC(=O)c2ccccc2)[C@H](OC(=O)c2ccccc2)[C@H]1OC(=O)c1ccccc1. The second-order valence-electron chi connectivity index (χ2n) is 10.1. The average molecular weight is 611 g/mol. The van der Waals surface area contributed by atoms with Crippen molar-refractivity contribution in [1.82, 2.24) is 0 Å². The fourth-order valence-electron chi connectivity index (χ4n) is 4.81. The van der Waals surface area contributed by atoms with Crippen LogP contribution in [-0.2, 0) is 18.9 Å². The Balaban J connectivity index is 1.57. The number of benzene rings is 4. The molecule has 1 saturated heterocycles. The third-order valence-electron chi connectivity index (χ3n) is 7.04. The van der Waals surface area contributed by atoms with E-state index in [0.717, 1.165) is 0 Å². The first-order chi connectivity index (χ1) is 21.9. The third-order valence-corrected chi connectivity index (χ3v) is 7.04. The number of para-hydroxylation sites is 1. The second kappa shape index (κ2) is 14.4. The molecule has 0 unspecified atom stereocenters. The van der Waals surface area contributed by atoms with Crippen LogP contribution in [0.15, 0.2) is 115 Å². The Morgan fingerprint density at radius 1 is 0.600 bits per heavy atom. The molecule has 1 aliphatic heterocycles. The molecule has 1 aliphatic rings. The summed E-state index contributed by atoms with van der Waals surface area (Å²) in [5.74, 6) is -2.63. The van der Waals surface area contributed by atoms with Crippen LogP contribution in [0.5, 0.6) is 5.75 Å². The summed E-state index contributed by atoms with van der Waals surface area (Å²) in [6.45, 7) is 0.663. The van der Waals surface area contributed by atoms with Gasteiger partial charge in [-0.2, -0.15) is 0 Å². The number of rotatable bonds is 10. The first-order valence-electron chi connectivity index (χ1n) is 14.2. The van der Waals surface area contributed by atoms with Crippen LogP contribution in [0, 0.1) is 0 Å². The Labute approximate surface area is 259 Å². The molecule has 1 N–H and O–H groups in total. The van der Waals surface area contributed by atoms with E-state index in [1.54, 1.807) is 72.8 Å². The van der Waals surface area contributed by atoms with Gasteiger partial charge >= 0.3 is 17.9 Å². The Kier molecular flexibility index (Phi) is 9.98. The molecule has 0 radical (unpaired) electrons. The van der Waals surface area contributed by atoms with Gasteiger partial charge in [0.1, 0.15) is 11.9 Å². The highest BCUT2D eigenvalue weighted by Crippen LogP contribution is 2.33. The molecular weight excluding hydrogens is 580 g/mol. The van der Waals surface area contributed by atoms with Crippen molar-refractivity contribution >= 4 is 23.7 Å². The molecule has 4 aromatic rings. The van der Waals surface area contributed by atoms with Crippen molar-refractivity contribution in [3.8, 4) is 5.75 Å². The van der Waals surface area contributed by atoms with Gasteiger partial charge in [-0.25, -0.2) is 14.4 Å². The van der Waals surface area contributed by atoms with Gasteiger partial charge in [0.25, 0.3) is 0 Å². The molecule has 0 spiro atoms. The van der Waals surface area contributed by atoms with Crippen LogP contribution in [-0.4, -0.2) is 66.1 Å². The molecule has 5 rings (SSSR count). The molecule has 4 aromatic carbocycles. The lowest BCUT2D eigenvalue weighted by Gasteiger charge is -2.44. The molecule has 10 heteroatoms. The summed E-state index contributed by atoms with van der Waals surface area (Å²) >= 11 is 0. The van der Waals surface area contributed by atoms with E-state index in [9.17, 15) is 24.3 Å². The summed E-state index contributed by atoms with van der Waals surface area (Å²) in [7, 11) is 0. The Morgan fingerprint density at radius 2 is 1.02 bits per heavy atom. The number of ether oxygens (including phenoxy) is 5. The van der Waals surface area contributed by atoms with Gasteiger partial charge in [-0.3, -0.25) is 4.79 Å². The molecule has 10 nitrogen and oxygen atoms in total. The van der Waals surface area contributed by atoms with E-state index in [-0.39, 0.29) is 33.8 Å². The van der Waals surface area contributed by atoms with Gasteiger partial charge in [0, 0.05) is 0 Å². The lowest BCUT2D eigenvalue weighted by atomic mass is 9.97. The standard InChI is InChI=1S/C35H30O10/c1-22(37)26-19-11-12-20-27(26)41-35-31(45-34(40)25-17-9-4-10-18-25)30(44-33(39)24-15-7-3-8-16-24)29(28(21-36)42-35)43-32(38)23-13-5-2-6-14-23/h2-20,28-31,35-36H,21H2,1H3/t28-,29-,30+,31-,35+/m1/s1. The van der Waals surface area contributed by atoms with E-state index in [1.807, 2.05) is 0 Å². The van der Waals surface area contributed by atoms with E-state index in [2.05, 4.69) is 0 Å². The molecular formula is C35H30O10.